The molecule has 1 atom stereocenters. The van der Waals surface area contributed by atoms with Crippen LogP contribution in [0.25, 0.3) is 11.5 Å². The Bertz CT molecular complexity index is 1010. The molecule has 0 bridgehead atoms. The van der Waals surface area contributed by atoms with Crippen molar-refractivity contribution in [3.63, 3.8) is 0 Å². The molecule has 0 N–H and O–H groups in total. The maximum atomic E-state index is 12.5. The van der Waals surface area contributed by atoms with E-state index < -0.39 is 0 Å². The number of hydrogen-bond donors (Lipinski definition) is 0. The van der Waals surface area contributed by atoms with E-state index in [1.165, 1.54) is 0 Å². The molecule has 2 heterocycles. The minimum atomic E-state index is -0.0953. The first-order valence-electron chi connectivity index (χ1n) is 9.10. The second-order valence-corrected chi connectivity index (χ2v) is 7.65. The fraction of sp³-hybridized carbons (Fsp3) is 0.286. The summed E-state index contributed by atoms with van der Waals surface area (Å²) in [5.74, 6) is 0.984. The number of benzene rings is 2. The number of hydrogen-bond acceptors (Lipinski definition) is 5. The van der Waals surface area contributed by atoms with Crippen molar-refractivity contribution >= 4 is 28.9 Å². The van der Waals surface area contributed by atoms with E-state index in [9.17, 15) is 4.79 Å². The molecular formula is C21H21ClN4O2. The number of carbonyl (C=O) groups is 1. The summed E-state index contributed by atoms with van der Waals surface area (Å²) in [6.45, 7) is 2.45. The molecule has 0 radical (unpaired) electrons. The molecule has 1 fully saturated rings. The monoisotopic (exact) mass is 396 g/mol. The highest BCUT2D eigenvalue weighted by Gasteiger charge is 2.34. The summed E-state index contributed by atoms with van der Waals surface area (Å²) in [6, 6.07) is 13.5. The highest BCUT2D eigenvalue weighted by atomic mass is 35.5. The molecule has 144 valence electrons. The number of nitrogens with zero attached hydrogens (tertiary/aromatic N) is 4. The first kappa shape index (κ1) is 18.5. The van der Waals surface area contributed by atoms with Gasteiger partial charge in [0, 0.05) is 54.9 Å². The predicted molar refractivity (Wildman–Crippen MR) is 110 cm³/mol. The van der Waals surface area contributed by atoms with Gasteiger partial charge in [-0.15, -0.1) is 0 Å². The average Bonchev–Trinajstić information content (AvgIpc) is 3.31. The van der Waals surface area contributed by atoms with Crippen molar-refractivity contribution in [2.24, 2.45) is 0 Å². The molecule has 4 rings (SSSR count). The molecule has 6 nitrogen and oxygen atoms in total. The first-order chi connectivity index (χ1) is 13.4. The van der Waals surface area contributed by atoms with E-state index in [1.807, 2.05) is 68.4 Å². The SMILES string of the molecule is Cc1cc(N2CC(c3noc(-c4ccc(N(C)C)cc4)n3)CC2=O)ccc1Cl. The zero-order valence-electron chi connectivity index (χ0n) is 16.0. The van der Waals surface area contributed by atoms with E-state index in [4.69, 9.17) is 16.1 Å². The van der Waals surface area contributed by atoms with Crippen LogP contribution in [-0.4, -0.2) is 36.7 Å². The highest BCUT2D eigenvalue weighted by molar-refractivity contribution is 6.31. The molecule has 28 heavy (non-hydrogen) atoms. The lowest BCUT2D eigenvalue weighted by atomic mass is 10.1. The fourth-order valence-corrected chi connectivity index (χ4v) is 3.46. The van der Waals surface area contributed by atoms with Crippen LogP contribution < -0.4 is 9.80 Å². The van der Waals surface area contributed by atoms with Gasteiger partial charge >= 0.3 is 0 Å². The van der Waals surface area contributed by atoms with Crippen LogP contribution in [0.15, 0.2) is 47.0 Å². The lowest BCUT2D eigenvalue weighted by molar-refractivity contribution is -0.117. The van der Waals surface area contributed by atoms with Crippen LogP contribution in [0.3, 0.4) is 0 Å². The average molecular weight is 397 g/mol. The van der Waals surface area contributed by atoms with Crippen LogP contribution in [0, 0.1) is 6.92 Å². The van der Waals surface area contributed by atoms with Crippen LogP contribution in [-0.2, 0) is 4.79 Å². The minimum absolute atomic E-state index is 0.0495. The predicted octanol–water partition coefficient (Wildman–Crippen LogP) is 4.28. The summed E-state index contributed by atoms with van der Waals surface area (Å²) in [6.07, 6.45) is 0.361. The summed E-state index contributed by atoms with van der Waals surface area (Å²) in [4.78, 5) is 20.9. The Morgan fingerprint density at radius 2 is 1.93 bits per heavy atom. The van der Waals surface area contributed by atoms with Gasteiger partial charge in [0.25, 0.3) is 5.89 Å². The molecule has 2 aromatic carbocycles. The molecule has 0 saturated carbocycles. The molecule has 1 unspecified atom stereocenters. The molecule has 1 aliphatic heterocycles. The van der Waals surface area contributed by atoms with E-state index in [2.05, 4.69) is 10.1 Å². The smallest absolute Gasteiger partial charge is 0.257 e. The highest BCUT2D eigenvalue weighted by Crippen LogP contribution is 2.33. The second kappa shape index (κ2) is 7.28. The zero-order valence-corrected chi connectivity index (χ0v) is 16.8. The Balaban J connectivity index is 1.53. The molecule has 7 heteroatoms. The number of rotatable bonds is 4. The van der Waals surface area contributed by atoms with E-state index in [0.717, 1.165) is 22.5 Å². The van der Waals surface area contributed by atoms with Gasteiger partial charge in [0.2, 0.25) is 5.91 Å². The number of aryl methyl sites for hydroxylation is 1. The van der Waals surface area contributed by atoms with Crippen molar-refractivity contribution < 1.29 is 9.32 Å². The minimum Gasteiger partial charge on any atom is -0.378 e. The van der Waals surface area contributed by atoms with Gasteiger partial charge in [-0.05, 0) is 55.0 Å². The van der Waals surface area contributed by atoms with Crippen molar-refractivity contribution in [3.8, 4) is 11.5 Å². The standard InChI is InChI=1S/C21H21ClN4O2/c1-13-10-17(8-9-18(13)22)26-12-15(11-19(26)27)20-23-21(28-24-20)14-4-6-16(7-5-14)25(2)3/h4-10,15H,11-12H2,1-3H3. The Kier molecular flexibility index (Phi) is 4.81. The van der Waals surface area contributed by atoms with Crippen molar-refractivity contribution in [1.82, 2.24) is 10.1 Å². The van der Waals surface area contributed by atoms with Crippen molar-refractivity contribution in [2.45, 2.75) is 19.3 Å². The van der Waals surface area contributed by atoms with E-state index in [1.54, 1.807) is 4.90 Å². The van der Waals surface area contributed by atoms with Gasteiger partial charge in [-0.1, -0.05) is 16.8 Å². The quantitative estimate of drug-likeness (QED) is 0.658. The van der Waals surface area contributed by atoms with Crippen LogP contribution in [0.4, 0.5) is 11.4 Å². The molecule has 0 spiro atoms. The third-order valence-corrected chi connectivity index (χ3v) is 5.44. The summed E-state index contributed by atoms with van der Waals surface area (Å²) in [5, 5.41) is 4.82. The van der Waals surface area contributed by atoms with Gasteiger partial charge in [-0.25, -0.2) is 0 Å². The number of halogens is 1. The first-order valence-corrected chi connectivity index (χ1v) is 9.48. The number of carbonyl (C=O) groups excluding carboxylic acids is 1. The van der Waals surface area contributed by atoms with Crippen LogP contribution in [0.5, 0.6) is 0 Å². The maximum Gasteiger partial charge on any atom is 0.257 e. The third-order valence-electron chi connectivity index (χ3n) is 5.02. The van der Waals surface area contributed by atoms with E-state index in [-0.39, 0.29) is 11.8 Å². The van der Waals surface area contributed by atoms with Gasteiger partial charge in [-0.2, -0.15) is 4.98 Å². The van der Waals surface area contributed by atoms with Crippen molar-refractivity contribution in [2.75, 3.05) is 30.4 Å². The molecule has 0 aliphatic carbocycles. The molecule has 1 aliphatic rings. The summed E-state index contributed by atoms with van der Waals surface area (Å²) < 4.78 is 5.45. The summed E-state index contributed by atoms with van der Waals surface area (Å²) in [5.41, 5.74) is 3.74. The lowest BCUT2D eigenvalue weighted by Crippen LogP contribution is -2.24. The van der Waals surface area contributed by atoms with Crippen LogP contribution >= 0.6 is 11.6 Å². The summed E-state index contributed by atoms with van der Waals surface area (Å²) in [7, 11) is 3.98. The molecule has 1 aromatic heterocycles. The molecule has 3 aromatic rings. The second-order valence-electron chi connectivity index (χ2n) is 7.24. The molecule has 1 amide bonds. The normalized spacial score (nSPS) is 16.6. The van der Waals surface area contributed by atoms with Crippen molar-refractivity contribution in [3.05, 3.63) is 58.9 Å². The Hall–Kier alpha value is -2.86. The fourth-order valence-electron chi connectivity index (χ4n) is 3.35. The van der Waals surface area contributed by atoms with Gasteiger partial charge in [0.1, 0.15) is 0 Å². The topological polar surface area (TPSA) is 62.5 Å². The molecular weight excluding hydrogens is 376 g/mol. The van der Waals surface area contributed by atoms with Gasteiger partial charge in [-0.3, -0.25) is 4.79 Å². The van der Waals surface area contributed by atoms with Crippen LogP contribution in [0.2, 0.25) is 5.02 Å². The Labute approximate surface area is 168 Å². The largest absolute Gasteiger partial charge is 0.378 e. The summed E-state index contributed by atoms with van der Waals surface area (Å²) >= 11 is 6.10. The Morgan fingerprint density at radius 3 is 2.61 bits per heavy atom. The third kappa shape index (κ3) is 3.47. The van der Waals surface area contributed by atoms with Crippen molar-refractivity contribution in [1.29, 1.82) is 0 Å². The zero-order chi connectivity index (χ0) is 19.8. The van der Waals surface area contributed by atoms with E-state index >= 15 is 0 Å². The lowest BCUT2D eigenvalue weighted by Gasteiger charge is -2.17. The number of amides is 1. The maximum absolute atomic E-state index is 12.5. The van der Waals surface area contributed by atoms with Gasteiger partial charge in [0.15, 0.2) is 5.82 Å². The number of anilines is 2. The van der Waals surface area contributed by atoms with E-state index in [0.29, 0.717) is 29.7 Å². The van der Waals surface area contributed by atoms with Gasteiger partial charge in [0.05, 0.1) is 0 Å². The number of aromatic nitrogens is 2. The van der Waals surface area contributed by atoms with Gasteiger partial charge < -0.3 is 14.3 Å². The Morgan fingerprint density at radius 1 is 1.18 bits per heavy atom. The van der Waals surface area contributed by atoms with Crippen LogP contribution in [0.1, 0.15) is 23.7 Å². The molecule has 1 saturated heterocycles.